The Morgan fingerprint density at radius 3 is 2.61 bits per heavy atom. The Labute approximate surface area is 207 Å². The van der Waals surface area contributed by atoms with Gasteiger partial charge in [-0.05, 0) is 61.2 Å². The predicted molar refractivity (Wildman–Crippen MR) is 134 cm³/mol. The van der Waals surface area contributed by atoms with Gasteiger partial charge in [-0.15, -0.1) is 0 Å². The third-order valence-electron chi connectivity index (χ3n) is 6.31. The third kappa shape index (κ3) is 4.42. The van der Waals surface area contributed by atoms with Crippen LogP contribution in [-0.4, -0.2) is 36.2 Å². The summed E-state index contributed by atoms with van der Waals surface area (Å²) in [5.74, 6) is -1.39. The molecule has 0 saturated heterocycles. The summed E-state index contributed by atoms with van der Waals surface area (Å²) in [4.78, 5) is 40.0. The molecule has 3 aromatic rings. The lowest BCUT2D eigenvalue weighted by atomic mass is 9.91. The van der Waals surface area contributed by atoms with Crippen molar-refractivity contribution in [2.75, 3.05) is 10.0 Å². The Hall–Kier alpha value is -4.18. The lowest BCUT2D eigenvalue weighted by molar-refractivity contribution is -0.137. The standard InChI is InChI=1S/C26H23N3O6S/c30-23-8-4-7-21-25(23)17(10-12-24(31)32)22(27-21)14-19-18-13-15(9-11-20(18)28-26(19)33)29-36(34,35)16-5-2-1-3-6-16/h1-3,5-6,9,11,13-14,27,29H,4,7-8,10,12H2,(H,28,33)(H,31,32). The monoisotopic (exact) mass is 505 g/mol. The van der Waals surface area contributed by atoms with Crippen molar-refractivity contribution in [1.82, 2.24) is 4.98 Å². The van der Waals surface area contributed by atoms with Gasteiger partial charge >= 0.3 is 5.97 Å². The zero-order valence-electron chi connectivity index (χ0n) is 19.1. The number of fused-ring (bicyclic) bond motifs is 2. The molecule has 1 aliphatic carbocycles. The number of amides is 1. The number of carbonyl (C=O) groups excluding carboxylic acids is 2. The molecule has 1 aromatic heterocycles. The number of ketones is 1. The van der Waals surface area contributed by atoms with Crippen LogP contribution < -0.4 is 10.0 Å². The smallest absolute Gasteiger partial charge is 0.303 e. The average molecular weight is 506 g/mol. The first-order valence-electron chi connectivity index (χ1n) is 11.5. The molecule has 2 aliphatic rings. The van der Waals surface area contributed by atoms with E-state index in [1.165, 1.54) is 12.1 Å². The van der Waals surface area contributed by atoms with Crippen molar-refractivity contribution in [3.63, 3.8) is 0 Å². The van der Waals surface area contributed by atoms with Crippen molar-refractivity contribution in [1.29, 1.82) is 0 Å². The molecule has 4 N–H and O–H groups in total. The van der Waals surface area contributed by atoms with Crippen LogP contribution in [0.25, 0.3) is 11.6 Å². The van der Waals surface area contributed by atoms with E-state index in [4.69, 9.17) is 0 Å². The molecule has 9 nitrogen and oxygen atoms in total. The van der Waals surface area contributed by atoms with Gasteiger partial charge in [-0.1, -0.05) is 18.2 Å². The lowest BCUT2D eigenvalue weighted by Crippen LogP contribution is -2.12. The Bertz CT molecular complexity index is 1540. The third-order valence-corrected chi connectivity index (χ3v) is 7.71. The summed E-state index contributed by atoms with van der Waals surface area (Å²) in [6.07, 6.45) is 3.38. The fourth-order valence-electron chi connectivity index (χ4n) is 4.66. The van der Waals surface area contributed by atoms with Gasteiger partial charge in [0.1, 0.15) is 0 Å². The van der Waals surface area contributed by atoms with Crippen molar-refractivity contribution in [2.24, 2.45) is 0 Å². The van der Waals surface area contributed by atoms with Gasteiger partial charge in [-0.2, -0.15) is 0 Å². The predicted octanol–water partition coefficient (Wildman–Crippen LogP) is 3.84. The number of carboxylic acids is 1. The number of rotatable bonds is 7. The van der Waals surface area contributed by atoms with Crippen molar-refractivity contribution in [3.8, 4) is 0 Å². The second-order valence-corrected chi connectivity index (χ2v) is 10.4. The first kappa shape index (κ1) is 23.6. The van der Waals surface area contributed by atoms with Crippen molar-refractivity contribution in [2.45, 2.75) is 37.0 Å². The highest BCUT2D eigenvalue weighted by atomic mass is 32.2. The van der Waals surface area contributed by atoms with Gasteiger partial charge in [-0.25, -0.2) is 8.42 Å². The van der Waals surface area contributed by atoms with E-state index < -0.39 is 16.0 Å². The van der Waals surface area contributed by atoms with E-state index in [-0.39, 0.29) is 40.7 Å². The minimum atomic E-state index is -3.83. The van der Waals surface area contributed by atoms with E-state index in [0.717, 1.165) is 5.69 Å². The van der Waals surface area contributed by atoms with Gasteiger partial charge in [0.15, 0.2) is 5.78 Å². The van der Waals surface area contributed by atoms with Gasteiger partial charge in [0.05, 0.1) is 10.5 Å². The highest BCUT2D eigenvalue weighted by molar-refractivity contribution is 7.92. The molecule has 0 atom stereocenters. The number of anilines is 2. The Morgan fingerprint density at radius 1 is 1.08 bits per heavy atom. The summed E-state index contributed by atoms with van der Waals surface area (Å²) in [7, 11) is -3.83. The molecule has 0 unspecified atom stereocenters. The maximum atomic E-state index is 12.8. The van der Waals surface area contributed by atoms with Crippen LogP contribution in [0.4, 0.5) is 11.4 Å². The highest BCUT2D eigenvalue weighted by Gasteiger charge is 2.29. The molecule has 1 amide bonds. The first-order valence-corrected chi connectivity index (χ1v) is 13.0. The topological polar surface area (TPSA) is 145 Å². The number of aliphatic carboxylic acids is 1. The number of nitrogens with one attached hydrogen (secondary N) is 3. The molecule has 36 heavy (non-hydrogen) atoms. The Morgan fingerprint density at radius 2 is 1.86 bits per heavy atom. The summed E-state index contributed by atoms with van der Waals surface area (Å²) < 4.78 is 28.1. The van der Waals surface area contributed by atoms with Crippen molar-refractivity contribution in [3.05, 3.63) is 76.6 Å². The van der Waals surface area contributed by atoms with E-state index in [1.807, 2.05) is 0 Å². The minimum absolute atomic E-state index is 0.0357. The summed E-state index contributed by atoms with van der Waals surface area (Å²) >= 11 is 0. The molecule has 10 heteroatoms. The highest BCUT2D eigenvalue weighted by Crippen LogP contribution is 2.37. The number of benzene rings is 2. The quantitative estimate of drug-likeness (QED) is 0.359. The molecule has 0 radical (unpaired) electrons. The largest absolute Gasteiger partial charge is 0.481 e. The SMILES string of the molecule is O=C(O)CCc1c(C=C2C(=O)Nc3ccc(NS(=O)(=O)c4ccccc4)cc32)[nH]c2c1C(=O)CCC2. The summed E-state index contributed by atoms with van der Waals surface area (Å²) in [5.41, 5.74) is 3.97. The van der Waals surface area contributed by atoms with Crippen LogP contribution in [-0.2, 0) is 32.5 Å². The first-order chi connectivity index (χ1) is 17.2. The molecule has 0 bridgehead atoms. The summed E-state index contributed by atoms with van der Waals surface area (Å²) in [6.45, 7) is 0. The number of sulfonamides is 1. The van der Waals surface area contributed by atoms with Crippen LogP contribution in [0.3, 0.4) is 0 Å². The molecule has 0 spiro atoms. The summed E-state index contributed by atoms with van der Waals surface area (Å²) in [5, 5.41) is 12.0. The van der Waals surface area contributed by atoms with Crippen molar-refractivity contribution >= 4 is 50.7 Å². The molecule has 0 saturated carbocycles. The number of aryl methyl sites for hydroxylation is 1. The fraction of sp³-hybridized carbons (Fsp3) is 0.192. The molecule has 1 aliphatic heterocycles. The lowest BCUT2D eigenvalue weighted by Gasteiger charge is -2.11. The van der Waals surface area contributed by atoms with E-state index in [9.17, 15) is 27.9 Å². The Balaban J connectivity index is 1.54. The van der Waals surface area contributed by atoms with Crippen LogP contribution in [0.1, 0.15) is 52.1 Å². The number of Topliss-reactive ketones (excluding diaryl/α,β-unsaturated/α-hetero) is 1. The molecular weight excluding hydrogens is 482 g/mol. The zero-order chi connectivity index (χ0) is 25.4. The average Bonchev–Trinajstić information content (AvgIpc) is 3.35. The van der Waals surface area contributed by atoms with Gasteiger partial charge in [0, 0.05) is 46.7 Å². The summed E-state index contributed by atoms with van der Waals surface area (Å²) in [6, 6.07) is 12.7. The van der Waals surface area contributed by atoms with E-state index in [2.05, 4.69) is 15.0 Å². The molecular formula is C26H23N3O6S. The fourth-order valence-corrected chi connectivity index (χ4v) is 5.73. The minimum Gasteiger partial charge on any atom is -0.481 e. The number of aromatic nitrogens is 1. The van der Waals surface area contributed by atoms with Crippen LogP contribution >= 0.6 is 0 Å². The number of aromatic amines is 1. The van der Waals surface area contributed by atoms with Gasteiger partial charge in [0.25, 0.3) is 15.9 Å². The number of carbonyl (C=O) groups is 3. The van der Waals surface area contributed by atoms with Gasteiger partial charge < -0.3 is 15.4 Å². The van der Waals surface area contributed by atoms with Crippen LogP contribution in [0.15, 0.2) is 53.4 Å². The molecule has 0 fully saturated rings. The van der Waals surface area contributed by atoms with Gasteiger partial charge in [0.2, 0.25) is 0 Å². The van der Waals surface area contributed by atoms with E-state index in [1.54, 1.807) is 42.5 Å². The maximum Gasteiger partial charge on any atom is 0.303 e. The normalized spacial score (nSPS) is 15.9. The van der Waals surface area contributed by atoms with E-state index in [0.29, 0.717) is 47.3 Å². The number of H-pyrrole nitrogens is 1. The maximum absolute atomic E-state index is 12.8. The zero-order valence-corrected chi connectivity index (χ0v) is 19.9. The Kier molecular flexibility index (Phi) is 5.97. The second-order valence-electron chi connectivity index (χ2n) is 8.73. The second kappa shape index (κ2) is 9.12. The van der Waals surface area contributed by atoms with Crippen LogP contribution in [0.2, 0.25) is 0 Å². The number of hydrogen-bond acceptors (Lipinski definition) is 5. The molecule has 5 rings (SSSR count). The number of carboxylic acid groups (broad SMARTS) is 1. The molecule has 2 aromatic carbocycles. The number of hydrogen-bond donors (Lipinski definition) is 4. The van der Waals surface area contributed by atoms with Crippen LogP contribution in [0.5, 0.6) is 0 Å². The van der Waals surface area contributed by atoms with Crippen LogP contribution in [0, 0.1) is 0 Å². The molecule has 184 valence electrons. The van der Waals surface area contributed by atoms with E-state index >= 15 is 0 Å². The molecule has 2 heterocycles. The van der Waals surface area contributed by atoms with Gasteiger partial charge in [-0.3, -0.25) is 19.1 Å². The van der Waals surface area contributed by atoms with Crippen molar-refractivity contribution < 1.29 is 27.9 Å².